The Morgan fingerprint density at radius 3 is 2.25 bits per heavy atom. The third kappa shape index (κ3) is 3.98. The lowest BCUT2D eigenvalue weighted by molar-refractivity contribution is 0.253. The first kappa shape index (κ1) is 13.3. The number of carbonyl (C=O) groups is 1. The van der Waals surface area contributed by atoms with Gasteiger partial charge in [0.1, 0.15) is 11.5 Å². The van der Waals surface area contributed by atoms with Gasteiger partial charge in [-0.15, -0.1) is 0 Å². The molecule has 2 rings (SSSR count). The van der Waals surface area contributed by atoms with Crippen LogP contribution in [0, 0.1) is 0 Å². The van der Waals surface area contributed by atoms with Crippen molar-refractivity contribution < 1.29 is 9.53 Å². The van der Waals surface area contributed by atoms with Crippen LogP contribution in [0.1, 0.15) is 0 Å². The lowest BCUT2D eigenvalue weighted by Gasteiger charge is -2.05. The summed E-state index contributed by atoms with van der Waals surface area (Å²) in [5.41, 5.74) is 11.0. The lowest BCUT2D eigenvalue weighted by atomic mass is 10.3. The van der Waals surface area contributed by atoms with Crippen LogP contribution < -0.4 is 21.5 Å². The number of aromatic nitrogens is 1. The molecule has 7 heteroatoms. The number of hydrogen-bond acceptors (Lipinski definition) is 4. The number of aliphatic imine (C=N–C) groups is 1. The number of nitrogens with one attached hydrogen (secondary N) is 1. The van der Waals surface area contributed by atoms with Gasteiger partial charge in [0, 0.05) is 12.4 Å². The number of hydrogen-bond donors (Lipinski definition) is 3. The minimum Gasteiger partial charge on any atom is -0.457 e. The Morgan fingerprint density at radius 1 is 1.05 bits per heavy atom. The fourth-order valence-electron chi connectivity index (χ4n) is 1.42. The van der Waals surface area contributed by atoms with E-state index in [4.69, 9.17) is 16.2 Å². The maximum Gasteiger partial charge on any atom is 0.318 e. The molecule has 0 saturated carbocycles. The fourth-order valence-corrected chi connectivity index (χ4v) is 1.42. The Balaban J connectivity index is 2.05. The minimum absolute atomic E-state index is 0.0692. The number of amides is 2. The molecule has 0 aliphatic heterocycles. The molecule has 0 aliphatic carbocycles. The van der Waals surface area contributed by atoms with Crippen molar-refractivity contribution in [3.05, 3.63) is 48.8 Å². The Hall–Kier alpha value is -3.09. The zero-order valence-corrected chi connectivity index (χ0v) is 10.5. The summed E-state index contributed by atoms with van der Waals surface area (Å²) in [4.78, 5) is 18.4. The van der Waals surface area contributed by atoms with Crippen LogP contribution in [0.4, 0.5) is 10.5 Å². The second-order valence-corrected chi connectivity index (χ2v) is 3.77. The Bertz CT molecular complexity index is 610. The number of nitrogens with zero attached hydrogens (tertiary/aromatic N) is 2. The predicted octanol–water partition coefficient (Wildman–Crippen LogP) is 1.49. The van der Waals surface area contributed by atoms with Crippen molar-refractivity contribution in [2.45, 2.75) is 0 Å². The first-order valence-electron chi connectivity index (χ1n) is 5.72. The first-order chi connectivity index (χ1) is 9.63. The maximum atomic E-state index is 10.6. The van der Waals surface area contributed by atoms with Crippen molar-refractivity contribution in [2.24, 2.45) is 16.5 Å². The van der Waals surface area contributed by atoms with E-state index in [2.05, 4.69) is 15.3 Å². The van der Waals surface area contributed by atoms with Crippen molar-refractivity contribution in [1.29, 1.82) is 0 Å². The fraction of sp³-hybridized carbons (Fsp3) is 0. The van der Waals surface area contributed by atoms with E-state index in [1.165, 1.54) is 0 Å². The molecule has 20 heavy (non-hydrogen) atoms. The zero-order valence-electron chi connectivity index (χ0n) is 10.5. The molecule has 0 aliphatic rings. The van der Waals surface area contributed by atoms with Gasteiger partial charge >= 0.3 is 6.03 Å². The van der Waals surface area contributed by atoms with Gasteiger partial charge in [-0.25, -0.2) is 9.79 Å². The molecule has 102 valence electrons. The molecule has 0 bridgehead atoms. The summed E-state index contributed by atoms with van der Waals surface area (Å²) in [5, 5.41) is 2.17. The van der Waals surface area contributed by atoms with E-state index in [-0.39, 0.29) is 5.96 Å². The second kappa shape index (κ2) is 6.19. The maximum absolute atomic E-state index is 10.6. The molecule has 7 nitrogen and oxygen atoms in total. The molecule has 0 saturated heterocycles. The van der Waals surface area contributed by atoms with Crippen LogP contribution in [-0.2, 0) is 0 Å². The van der Waals surface area contributed by atoms with Crippen molar-refractivity contribution in [2.75, 3.05) is 0 Å². The van der Waals surface area contributed by atoms with Gasteiger partial charge in [0.15, 0.2) is 0 Å². The number of nitrogens with two attached hydrogens (primary N) is 2. The minimum atomic E-state index is -0.760. The highest BCUT2D eigenvalue weighted by Gasteiger charge is 1.99. The number of primary amides is 1. The molecular weight excluding hydrogens is 258 g/mol. The van der Waals surface area contributed by atoms with Gasteiger partial charge in [-0.2, -0.15) is 0 Å². The number of rotatable bonds is 3. The lowest BCUT2D eigenvalue weighted by Crippen LogP contribution is -2.39. The second-order valence-electron chi connectivity index (χ2n) is 3.77. The van der Waals surface area contributed by atoms with E-state index < -0.39 is 6.03 Å². The molecule has 1 aromatic heterocycles. The quantitative estimate of drug-likeness (QED) is 0.579. The first-order valence-corrected chi connectivity index (χ1v) is 5.72. The van der Waals surface area contributed by atoms with Crippen LogP contribution in [-0.4, -0.2) is 17.0 Å². The van der Waals surface area contributed by atoms with E-state index in [0.717, 1.165) is 0 Å². The van der Waals surface area contributed by atoms with Gasteiger partial charge in [-0.1, -0.05) is 0 Å². The highest BCUT2D eigenvalue weighted by molar-refractivity contribution is 5.95. The summed E-state index contributed by atoms with van der Waals surface area (Å²) in [6.45, 7) is 0. The summed E-state index contributed by atoms with van der Waals surface area (Å²) in [5.74, 6) is 1.27. The molecule has 2 aromatic rings. The third-order valence-corrected chi connectivity index (χ3v) is 2.22. The van der Waals surface area contributed by atoms with Gasteiger partial charge in [0.05, 0.1) is 5.69 Å². The molecule has 0 spiro atoms. The monoisotopic (exact) mass is 271 g/mol. The Kier molecular flexibility index (Phi) is 4.13. The van der Waals surface area contributed by atoms with Crippen molar-refractivity contribution in [3.8, 4) is 11.5 Å². The number of pyridine rings is 1. The molecule has 1 aromatic carbocycles. The molecule has 2 amide bonds. The van der Waals surface area contributed by atoms with Gasteiger partial charge < -0.3 is 16.2 Å². The average Bonchev–Trinajstić information content (AvgIpc) is 2.41. The summed E-state index contributed by atoms with van der Waals surface area (Å²) >= 11 is 0. The molecule has 5 N–H and O–H groups in total. The summed E-state index contributed by atoms with van der Waals surface area (Å²) in [6.07, 6.45) is 3.29. The van der Waals surface area contributed by atoms with Crippen LogP contribution in [0.3, 0.4) is 0 Å². The Labute approximate surface area is 115 Å². The van der Waals surface area contributed by atoms with Crippen LogP contribution >= 0.6 is 0 Å². The SMILES string of the molecule is NC(=O)N/C(N)=N\c1ccc(Oc2ccncc2)cc1. The van der Waals surface area contributed by atoms with E-state index in [9.17, 15) is 4.79 Å². The van der Waals surface area contributed by atoms with Gasteiger partial charge in [0.2, 0.25) is 5.96 Å². The van der Waals surface area contributed by atoms with Gasteiger partial charge in [-0.05, 0) is 36.4 Å². The van der Waals surface area contributed by atoms with Crippen molar-refractivity contribution >= 4 is 17.7 Å². The van der Waals surface area contributed by atoms with Crippen LogP contribution in [0.15, 0.2) is 53.8 Å². The molecule has 1 heterocycles. The smallest absolute Gasteiger partial charge is 0.318 e. The number of ether oxygens (including phenoxy) is 1. The van der Waals surface area contributed by atoms with Crippen LogP contribution in [0.5, 0.6) is 11.5 Å². The van der Waals surface area contributed by atoms with Crippen molar-refractivity contribution in [3.63, 3.8) is 0 Å². The average molecular weight is 271 g/mol. The van der Waals surface area contributed by atoms with Crippen LogP contribution in [0.25, 0.3) is 0 Å². The summed E-state index contributed by atoms with van der Waals surface area (Å²) in [6, 6.07) is 9.61. The zero-order chi connectivity index (χ0) is 14.4. The van der Waals surface area contributed by atoms with E-state index in [0.29, 0.717) is 17.2 Å². The largest absolute Gasteiger partial charge is 0.457 e. The number of benzene rings is 1. The molecular formula is C13H13N5O2. The topological polar surface area (TPSA) is 116 Å². The third-order valence-electron chi connectivity index (χ3n) is 2.22. The highest BCUT2D eigenvalue weighted by Crippen LogP contribution is 2.23. The van der Waals surface area contributed by atoms with E-state index >= 15 is 0 Å². The molecule has 0 unspecified atom stereocenters. The normalized spacial score (nSPS) is 10.9. The summed E-state index contributed by atoms with van der Waals surface area (Å²) in [7, 11) is 0. The predicted molar refractivity (Wildman–Crippen MR) is 74.8 cm³/mol. The van der Waals surface area contributed by atoms with Gasteiger partial charge in [0.25, 0.3) is 0 Å². The number of carbonyl (C=O) groups excluding carboxylic acids is 1. The molecule has 0 radical (unpaired) electrons. The van der Waals surface area contributed by atoms with E-state index in [1.807, 2.05) is 0 Å². The van der Waals surface area contributed by atoms with Crippen LogP contribution in [0.2, 0.25) is 0 Å². The molecule has 0 atom stereocenters. The molecule has 0 fully saturated rings. The van der Waals surface area contributed by atoms with E-state index in [1.54, 1.807) is 48.8 Å². The van der Waals surface area contributed by atoms with Crippen molar-refractivity contribution in [1.82, 2.24) is 10.3 Å². The highest BCUT2D eigenvalue weighted by atomic mass is 16.5. The standard InChI is InChI=1S/C13H13N5O2/c14-12(18-13(15)19)17-9-1-3-10(4-2-9)20-11-5-7-16-8-6-11/h1-8H,(H5,14,15,17,18,19). The van der Waals surface area contributed by atoms with Gasteiger partial charge in [-0.3, -0.25) is 10.3 Å². The number of guanidine groups is 1. The number of urea groups is 1. The Morgan fingerprint density at radius 2 is 1.65 bits per heavy atom. The summed E-state index contributed by atoms with van der Waals surface area (Å²) < 4.78 is 5.59.